The Labute approximate surface area is 122 Å². The van der Waals surface area contributed by atoms with Crippen LogP contribution in [0.5, 0.6) is 0 Å². The number of nitrogens with one attached hydrogen (secondary N) is 1. The van der Waals surface area contributed by atoms with E-state index in [1.54, 1.807) is 0 Å². The number of aryl methyl sites for hydroxylation is 1. The van der Waals surface area contributed by atoms with Gasteiger partial charge < -0.3 is 10.1 Å². The minimum absolute atomic E-state index is 0.0116. The predicted octanol–water partition coefficient (Wildman–Crippen LogP) is 2.68. The first kappa shape index (κ1) is 15.5. The summed E-state index contributed by atoms with van der Waals surface area (Å²) in [6, 6.07) is 0.375. The van der Waals surface area contributed by atoms with E-state index in [1.165, 1.54) is 44.1 Å². The Morgan fingerprint density at radius 3 is 2.55 bits per heavy atom. The fourth-order valence-electron chi connectivity index (χ4n) is 3.53. The van der Waals surface area contributed by atoms with Gasteiger partial charge in [0.15, 0.2) is 0 Å². The smallest absolute Gasteiger partial charge is 0.0834 e. The van der Waals surface area contributed by atoms with Gasteiger partial charge in [-0.25, -0.2) is 0 Å². The maximum absolute atomic E-state index is 6.06. The maximum atomic E-state index is 6.06. The number of methoxy groups -OCH3 is 1. The highest BCUT2D eigenvalue weighted by molar-refractivity contribution is 5.10. The van der Waals surface area contributed by atoms with Gasteiger partial charge in [-0.3, -0.25) is 4.68 Å². The van der Waals surface area contributed by atoms with Crippen LogP contribution in [0.1, 0.15) is 51.0 Å². The summed E-state index contributed by atoms with van der Waals surface area (Å²) in [5.41, 5.74) is 1.28. The van der Waals surface area contributed by atoms with E-state index in [0.717, 1.165) is 13.0 Å². The number of nitrogens with zero attached hydrogens (tertiary/aromatic N) is 2. The van der Waals surface area contributed by atoms with E-state index < -0.39 is 0 Å². The van der Waals surface area contributed by atoms with Crippen molar-refractivity contribution in [2.24, 2.45) is 7.05 Å². The molecule has 1 aliphatic rings. The molecule has 0 aliphatic heterocycles. The van der Waals surface area contributed by atoms with Crippen molar-refractivity contribution in [3.63, 3.8) is 0 Å². The van der Waals surface area contributed by atoms with E-state index in [0.29, 0.717) is 6.04 Å². The van der Waals surface area contributed by atoms with Crippen LogP contribution < -0.4 is 5.32 Å². The molecule has 1 aromatic rings. The quantitative estimate of drug-likeness (QED) is 0.814. The SMILES string of the molecule is CCNC(Cc1cnn(C)c1)C1(OC)CCCCCC1. The molecule has 0 spiro atoms. The molecule has 1 saturated carbocycles. The van der Waals surface area contributed by atoms with Crippen molar-refractivity contribution in [2.45, 2.75) is 63.5 Å². The average Bonchev–Trinajstić information content (AvgIpc) is 2.72. The van der Waals surface area contributed by atoms with E-state index in [-0.39, 0.29) is 5.60 Å². The Balaban J connectivity index is 2.15. The molecule has 1 atom stereocenters. The summed E-state index contributed by atoms with van der Waals surface area (Å²) in [5, 5.41) is 7.96. The second kappa shape index (κ2) is 7.23. The van der Waals surface area contributed by atoms with Crippen molar-refractivity contribution >= 4 is 0 Å². The molecule has 4 heteroatoms. The molecule has 0 amide bonds. The van der Waals surface area contributed by atoms with Crippen molar-refractivity contribution in [1.29, 1.82) is 0 Å². The largest absolute Gasteiger partial charge is 0.377 e. The van der Waals surface area contributed by atoms with Crippen LogP contribution in [0.25, 0.3) is 0 Å². The molecule has 1 N–H and O–H groups in total. The molecule has 114 valence electrons. The van der Waals surface area contributed by atoms with Crippen LogP contribution in [0.15, 0.2) is 12.4 Å². The monoisotopic (exact) mass is 279 g/mol. The maximum Gasteiger partial charge on any atom is 0.0834 e. The summed E-state index contributed by atoms with van der Waals surface area (Å²) < 4.78 is 7.94. The number of hydrogen-bond acceptors (Lipinski definition) is 3. The van der Waals surface area contributed by atoms with Gasteiger partial charge in [0.2, 0.25) is 0 Å². The molecule has 0 saturated heterocycles. The van der Waals surface area contributed by atoms with Crippen LogP contribution in [0.3, 0.4) is 0 Å². The van der Waals surface area contributed by atoms with Crippen molar-refractivity contribution in [3.05, 3.63) is 18.0 Å². The van der Waals surface area contributed by atoms with E-state index in [9.17, 15) is 0 Å². The fourth-order valence-corrected chi connectivity index (χ4v) is 3.53. The molecule has 1 unspecified atom stereocenters. The van der Waals surface area contributed by atoms with Gasteiger partial charge in [0.1, 0.15) is 0 Å². The Bertz CT molecular complexity index is 394. The summed E-state index contributed by atoms with van der Waals surface area (Å²) in [6.07, 6.45) is 12.7. The van der Waals surface area contributed by atoms with Crippen molar-refractivity contribution in [1.82, 2.24) is 15.1 Å². The van der Waals surface area contributed by atoms with Crippen LogP contribution in [0.2, 0.25) is 0 Å². The van der Waals surface area contributed by atoms with Gasteiger partial charge in [-0.05, 0) is 31.4 Å². The van der Waals surface area contributed by atoms with Gasteiger partial charge in [0.05, 0.1) is 11.8 Å². The zero-order valence-corrected chi connectivity index (χ0v) is 13.2. The standard InChI is InChI=1S/C16H29N3O/c1-4-17-15(11-14-12-18-19(2)13-14)16(20-3)9-7-5-6-8-10-16/h12-13,15,17H,4-11H2,1-3H3. The molecule has 0 bridgehead atoms. The van der Waals surface area contributed by atoms with Crippen molar-refractivity contribution in [2.75, 3.05) is 13.7 Å². The van der Waals surface area contributed by atoms with Gasteiger partial charge >= 0.3 is 0 Å². The number of likely N-dealkylation sites (N-methyl/N-ethyl adjacent to an activating group) is 1. The Morgan fingerprint density at radius 1 is 1.35 bits per heavy atom. The zero-order valence-electron chi connectivity index (χ0n) is 13.2. The van der Waals surface area contributed by atoms with Gasteiger partial charge in [0.25, 0.3) is 0 Å². The molecule has 2 rings (SSSR count). The van der Waals surface area contributed by atoms with Crippen molar-refractivity contribution < 1.29 is 4.74 Å². The minimum Gasteiger partial charge on any atom is -0.377 e. The average molecular weight is 279 g/mol. The molecule has 4 nitrogen and oxygen atoms in total. The topological polar surface area (TPSA) is 39.1 Å². The van der Waals surface area contributed by atoms with E-state index >= 15 is 0 Å². The summed E-state index contributed by atoms with van der Waals surface area (Å²) in [6.45, 7) is 3.16. The normalized spacial score (nSPS) is 20.6. The molecule has 1 aliphatic carbocycles. The molecular weight excluding hydrogens is 250 g/mol. The summed E-state index contributed by atoms with van der Waals surface area (Å²) in [5.74, 6) is 0. The Morgan fingerprint density at radius 2 is 2.05 bits per heavy atom. The Hall–Kier alpha value is -0.870. The van der Waals surface area contributed by atoms with Crippen LogP contribution in [-0.4, -0.2) is 35.1 Å². The zero-order chi connectivity index (χ0) is 14.4. The highest BCUT2D eigenvalue weighted by Gasteiger charge is 2.38. The lowest BCUT2D eigenvalue weighted by Gasteiger charge is -2.39. The number of aromatic nitrogens is 2. The van der Waals surface area contributed by atoms with E-state index in [2.05, 4.69) is 23.5 Å². The third-order valence-corrected chi connectivity index (χ3v) is 4.64. The van der Waals surface area contributed by atoms with Gasteiger partial charge in [-0.1, -0.05) is 32.6 Å². The molecule has 1 fully saturated rings. The molecule has 0 radical (unpaired) electrons. The van der Waals surface area contributed by atoms with Gasteiger partial charge in [0, 0.05) is 26.4 Å². The first-order valence-corrected chi connectivity index (χ1v) is 7.96. The number of ether oxygens (including phenoxy) is 1. The first-order chi connectivity index (χ1) is 9.70. The molecule has 0 aromatic carbocycles. The van der Waals surface area contributed by atoms with Gasteiger partial charge in [-0.2, -0.15) is 5.10 Å². The lowest BCUT2D eigenvalue weighted by Crippen LogP contribution is -2.53. The summed E-state index contributed by atoms with van der Waals surface area (Å²) in [4.78, 5) is 0. The van der Waals surface area contributed by atoms with Crippen molar-refractivity contribution in [3.8, 4) is 0 Å². The summed E-state index contributed by atoms with van der Waals surface area (Å²) >= 11 is 0. The molecule has 1 aromatic heterocycles. The van der Waals surface area contributed by atoms with Crippen LogP contribution in [-0.2, 0) is 18.2 Å². The lowest BCUT2D eigenvalue weighted by molar-refractivity contribution is -0.0523. The summed E-state index contributed by atoms with van der Waals surface area (Å²) in [7, 11) is 3.86. The van der Waals surface area contributed by atoms with Gasteiger partial charge in [-0.15, -0.1) is 0 Å². The van der Waals surface area contributed by atoms with Crippen LogP contribution in [0.4, 0.5) is 0 Å². The third kappa shape index (κ3) is 3.61. The molecule has 1 heterocycles. The molecular formula is C16H29N3O. The highest BCUT2D eigenvalue weighted by Crippen LogP contribution is 2.34. The second-order valence-corrected chi connectivity index (χ2v) is 6.02. The van der Waals surface area contributed by atoms with E-state index in [1.807, 2.05) is 25.0 Å². The number of hydrogen-bond donors (Lipinski definition) is 1. The second-order valence-electron chi connectivity index (χ2n) is 6.02. The molecule has 20 heavy (non-hydrogen) atoms. The lowest BCUT2D eigenvalue weighted by atomic mass is 9.83. The Kier molecular flexibility index (Phi) is 5.61. The predicted molar refractivity (Wildman–Crippen MR) is 81.8 cm³/mol. The van der Waals surface area contributed by atoms with Crippen LogP contribution in [0, 0.1) is 0 Å². The first-order valence-electron chi connectivity index (χ1n) is 7.96. The third-order valence-electron chi connectivity index (χ3n) is 4.64. The fraction of sp³-hybridized carbons (Fsp3) is 0.812. The number of rotatable bonds is 6. The highest BCUT2D eigenvalue weighted by atomic mass is 16.5. The van der Waals surface area contributed by atoms with E-state index in [4.69, 9.17) is 4.74 Å². The van der Waals surface area contributed by atoms with Crippen LogP contribution >= 0.6 is 0 Å². The minimum atomic E-state index is -0.0116.